The predicted molar refractivity (Wildman–Crippen MR) is 302 cm³/mol. The number of aliphatic hydroxyl groups excluding tert-OH is 1. The summed E-state index contributed by atoms with van der Waals surface area (Å²) in [4.78, 5) is 25.4. The Morgan fingerprint density at radius 2 is 0.800 bits per heavy atom. The van der Waals surface area contributed by atoms with Crippen molar-refractivity contribution in [1.29, 1.82) is 0 Å². The van der Waals surface area contributed by atoms with E-state index >= 15 is 0 Å². The molecule has 0 radical (unpaired) electrons. The van der Waals surface area contributed by atoms with Crippen LogP contribution in [0.4, 0.5) is 0 Å². The number of rotatable bonds is 55. The molecule has 0 fully saturated rings. The minimum atomic E-state index is -4.61. The van der Waals surface area contributed by atoms with Crippen LogP contribution in [0.5, 0.6) is 0 Å². The van der Waals surface area contributed by atoms with E-state index in [-0.39, 0.29) is 12.5 Å². The van der Waals surface area contributed by atoms with Gasteiger partial charge in [0.1, 0.15) is 13.2 Å². The maximum Gasteiger partial charge on any atom is 0.268 e. The molecule has 412 valence electrons. The highest BCUT2D eigenvalue weighted by Gasteiger charge is 2.23. The lowest BCUT2D eigenvalue weighted by atomic mass is 10.0. The highest BCUT2D eigenvalue weighted by molar-refractivity contribution is 7.45. The number of carbonyl (C=O) groups is 1. The second kappa shape index (κ2) is 52.3. The fourth-order valence-electron chi connectivity index (χ4n) is 8.77. The summed E-state index contributed by atoms with van der Waals surface area (Å²) in [6.07, 6.45) is 69.3. The highest BCUT2D eigenvalue weighted by Crippen LogP contribution is 2.38. The normalized spacial score (nSPS) is 14.2. The van der Waals surface area contributed by atoms with E-state index in [1.807, 2.05) is 27.2 Å². The zero-order chi connectivity index (χ0) is 51.3. The average molecular weight is 1010 g/mol. The Hall–Kier alpha value is -1.54. The van der Waals surface area contributed by atoms with Crippen LogP contribution >= 0.6 is 7.82 Å². The summed E-state index contributed by atoms with van der Waals surface area (Å²) in [5.74, 6) is -0.218. The molecule has 0 saturated heterocycles. The van der Waals surface area contributed by atoms with Gasteiger partial charge in [0.05, 0.1) is 39.9 Å². The molecule has 0 spiro atoms. The van der Waals surface area contributed by atoms with Gasteiger partial charge in [-0.25, -0.2) is 0 Å². The number of nitrogens with zero attached hydrogens (tertiary/aromatic N) is 1. The fourth-order valence-corrected chi connectivity index (χ4v) is 9.49. The molecule has 0 aromatic rings. The third kappa shape index (κ3) is 54.2. The molecule has 70 heavy (non-hydrogen) atoms. The smallest absolute Gasteiger partial charge is 0.268 e. The standard InChI is InChI=1S/C61H117N2O6P/c1-6-8-10-12-14-16-18-20-22-24-25-26-27-28-29-30-31-32-33-34-35-36-37-38-39-40-42-44-46-48-50-52-54-60(64)59(58-69-70(66,67)68-57-56-63(3,4)5)62-61(65)55-53-51-49-47-45-43-41-23-21-19-17-15-13-11-9-7-2/h23,38-39,41,44,46,52,54,59-60,64H,6-22,24-37,40,42-43,45,47-51,53,55-58H2,1-5H3,(H-,62,65,66,67)/b39-38+,41-23-,46-44+,54-52+. The summed E-state index contributed by atoms with van der Waals surface area (Å²) in [6, 6.07) is -0.915. The lowest BCUT2D eigenvalue weighted by Gasteiger charge is -2.29. The van der Waals surface area contributed by atoms with Crippen molar-refractivity contribution in [2.24, 2.45) is 0 Å². The summed E-state index contributed by atoms with van der Waals surface area (Å²) in [6.45, 7) is 4.63. The molecule has 0 aromatic heterocycles. The second-order valence-electron chi connectivity index (χ2n) is 21.7. The number of unbranched alkanes of at least 4 members (excludes halogenated alkanes) is 36. The van der Waals surface area contributed by atoms with E-state index in [0.29, 0.717) is 17.4 Å². The van der Waals surface area contributed by atoms with Gasteiger partial charge in [-0.2, -0.15) is 0 Å². The number of aliphatic hydroxyl groups is 1. The minimum absolute atomic E-state index is 0.0111. The van der Waals surface area contributed by atoms with Gasteiger partial charge >= 0.3 is 0 Å². The number of likely N-dealkylation sites (N-methyl/N-ethyl adjacent to an activating group) is 1. The van der Waals surface area contributed by atoms with Crippen molar-refractivity contribution in [3.05, 3.63) is 48.6 Å². The number of quaternary nitrogens is 1. The Morgan fingerprint density at radius 3 is 1.16 bits per heavy atom. The molecule has 8 nitrogen and oxygen atoms in total. The molecule has 3 unspecified atom stereocenters. The molecule has 0 aliphatic rings. The van der Waals surface area contributed by atoms with Crippen LogP contribution in [-0.4, -0.2) is 68.5 Å². The summed E-state index contributed by atoms with van der Waals surface area (Å²) in [5, 5.41) is 13.8. The van der Waals surface area contributed by atoms with Gasteiger partial charge in [-0.15, -0.1) is 0 Å². The Kier molecular flexibility index (Phi) is 51.2. The highest BCUT2D eigenvalue weighted by atomic mass is 31.2. The van der Waals surface area contributed by atoms with Gasteiger partial charge in [0.2, 0.25) is 5.91 Å². The van der Waals surface area contributed by atoms with Crippen molar-refractivity contribution in [3.63, 3.8) is 0 Å². The topological polar surface area (TPSA) is 108 Å². The second-order valence-corrected chi connectivity index (χ2v) is 23.1. The van der Waals surface area contributed by atoms with Crippen molar-refractivity contribution in [2.45, 2.75) is 296 Å². The molecule has 1 amide bonds. The Bertz CT molecular complexity index is 1280. The lowest BCUT2D eigenvalue weighted by Crippen LogP contribution is -2.45. The molecule has 0 aliphatic carbocycles. The number of hydrogen-bond donors (Lipinski definition) is 2. The van der Waals surface area contributed by atoms with Crippen molar-refractivity contribution < 1.29 is 32.9 Å². The van der Waals surface area contributed by atoms with E-state index in [4.69, 9.17) is 9.05 Å². The van der Waals surface area contributed by atoms with Gasteiger partial charge in [0.25, 0.3) is 7.82 Å². The van der Waals surface area contributed by atoms with Crippen LogP contribution in [0.1, 0.15) is 284 Å². The molecule has 0 bridgehead atoms. The zero-order valence-electron chi connectivity index (χ0n) is 47.0. The van der Waals surface area contributed by atoms with E-state index in [2.05, 4.69) is 55.6 Å². The van der Waals surface area contributed by atoms with Crippen molar-refractivity contribution >= 4 is 13.7 Å². The van der Waals surface area contributed by atoms with Crippen LogP contribution in [0.2, 0.25) is 0 Å². The third-order valence-electron chi connectivity index (χ3n) is 13.5. The number of carbonyl (C=O) groups excluding carboxylic acids is 1. The monoisotopic (exact) mass is 1000 g/mol. The summed E-state index contributed by atoms with van der Waals surface area (Å²) < 4.78 is 23.3. The van der Waals surface area contributed by atoms with Gasteiger partial charge in [0.15, 0.2) is 0 Å². The number of amides is 1. The molecule has 0 aliphatic heterocycles. The van der Waals surface area contributed by atoms with E-state index < -0.39 is 26.6 Å². The molecule has 0 aromatic carbocycles. The van der Waals surface area contributed by atoms with E-state index in [9.17, 15) is 19.4 Å². The minimum Gasteiger partial charge on any atom is -0.756 e. The van der Waals surface area contributed by atoms with Gasteiger partial charge in [-0.05, 0) is 70.6 Å². The summed E-state index contributed by atoms with van der Waals surface area (Å²) >= 11 is 0. The van der Waals surface area contributed by atoms with Crippen LogP contribution in [0.25, 0.3) is 0 Å². The van der Waals surface area contributed by atoms with Gasteiger partial charge < -0.3 is 28.8 Å². The van der Waals surface area contributed by atoms with Crippen LogP contribution in [0.3, 0.4) is 0 Å². The number of phosphoric ester groups is 1. The third-order valence-corrected chi connectivity index (χ3v) is 14.5. The molecule has 2 N–H and O–H groups in total. The van der Waals surface area contributed by atoms with Crippen molar-refractivity contribution in [1.82, 2.24) is 5.32 Å². The SMILES string of the molecule is CCCCCCCCC/C=C\CCCCCCCC(=O)NC(COP(=O)([O-])OCC[N+](C)(C)C)C(O)/C=C/CC/C=C/CC/C=C/CCCCCCCCCCCCCCCCCCCCCCCC. The maximum atomic E-state index is 12.9. The first kappa shape index (κ1) is 68.5. The molecular weight excluding hydrogens is 888 g/mol. The van der Waals surface area contributed by atoms with E-state index in [1.54, 1.807) is 6.08 Å². The first-order valence-electron chi connectivity index (χ1n) is 30.0. The molecule has 0 saturated carbocycles. The van der Waals surface area contributed by atoms with Crippen molar-refractivity contribution in [2.75, 3.05) is 40.9 Å². The fraction of sp³-hybridized carbons (Fsp3) is 0.852. The zero-order valence-corrected chi connectivity index (χ0v) is 47.9. The van der Waals surface area contributed by atoms with Gasteiger partial charge in [-0.3, -0.25) is 9.36 Å². The van der Waals surface area contributed by atoms with Gasteiger partial charge in [-0.1, -0.05) is 255 Å². The molecule has 0 rings (SSSR count). The summed E-state index contributed by atoms with van der Waals surface area (Å²) in [5.41, 5.74) is 0. The van der Waals surface area contributed by atoms with E-state index in [0.717, 1.165) is 64.2 Å². The average Bonchev–Trinajstić information content (AvgIpc) is 3.32. The van der Waals surface area contributed by atoms with Crippen LogP contribution in [0, 0.1) is 0 Å². The predicted octanol–water partition coefficient (Wildman–Crippen LogP) is 17.7. The first-order chi connectivity index (χ1) is 34.0. The van der Waals surface area contributed by atoms with Crippen LogP contribution in [-0.2, 0) is 18.4 Å². The Morgan fingerprint density at radius 1 is 0.486 bits per heavy atom. The first-order valence-corrected chi connectivity index (χ1v) is 31.5. The molecule has 3 atom stereocenters. The summed E-state index contributed by atoms with van der Waals surface area (Å²) in [7, 11) is 1.23. The van der Waals surface area contributed by atoms with Crippen LogP contribution < -0.4 is 10.2 Å². The maximum absolute atomic E-state index is 12.9. The molecule has 9 heteroatoms. The molecular formula is C61H117N2O6P. The van der Waals surface area contributed by atoms with Gasteiger partial charge in [0, 0.05) is 6.42 Å². The van der Waals surface area contributed by atoms with Crippen molar-refractivity contribution in [3.8, 4) is 0 Å². The van der Waals surface area contributed by atoms with Crippen LogP contribution in [0.15, 0.2) is 48.6 Å². The number of nitrogens with one attached hydrogen (secondary N) is 1. The quantitative estimate of drug-likeness (QED) is 0.0272. The van der Waals surface area contributed by atoms with E-state index in [1.165, 1.54) is 199 Å². The molecule has 0 heterocycles. The number of hydrogen-bond acceptors (Lipinski definition) is 6. The largest absolute Gasteiger partial charge is 0.756 e. The Balaban J connectivity index is 4.18. The number of allylic oxidation sites excluding steroid dienone is 7. The Labute approximate surface area is 435 Å². The number of phosphoric acid groups is 1. The lowest BCUT2D eigenvalue weighted by molar-refractivity contribution is -0.870.